The van der Waals surface area contributed by atoms with E-state index in [0.717, 1.165) is 5.56 Å². The lowest BCUT2D eigenvalue weighted by Crippen LogP contribution is -1.99. The minimum Gasteiger partial charge on any atom is -0.481 e. The third kappa shape index (κ3) is 2.06. The van der Waals surface area contributed by atoms with Gasteiger partial charge >= 0.3 is 5.97 Å². The van der Waals surface area contributed by atoms with Crippen molar-refractivity contribution in [3.05, 3.63) is 41.2 Å². The summed E-state index contributed by atoms with van der Waals surface area (Å²) in [5.74, 6) is -0.661. The number of hydrogen-bond donors (Lipinski definition) is 1. The second kappa shape index (κ2) is 4.37. The molecule has 0 spiro atoms. The van der Waals surface area contributed by atoms with Crippen LogP contribution in [0.1, 0.15) is 5.76 Å². The maximum atomic E-state index is 10.6. The molecule has 0 fully saturated rings. The molecular weight excluding hydrogens is 230 g/mol. The lowest BCUT2D eigenvalue weighted by atomic mass is 10.1. The average molecular weight is 238 g/mol. The molecule has 4 nitrogen and oxygen atoms in total. The second-order valence-electron chi connectivity index (χ2n) is 3.21. The molecule has 0 radical (unpaired) electrons. The average Bonchev–Trinajstić information content (AvgIpc) is 2.66. The first-order valence-electron chi connectivity index (χ1n) is 4.58. The van der Waals surface area contributed by atoms with Gasteiger partial charge in [0.25, 0.3) is 0 Å². The Hall–Kier alpha value is -1.81. The van der Waals surface area contributed by atoms with Gasteiger partial charge in [-0.15, -0.1) is 0 Å². The van der Waals surface area contributed by atoms with Crippen molar-refractivity contribution < 1.29 is 14.4 Å². The van der Waals surface area contributed by atoms with Crippen molar-refractivity contribution in [3.8, 4) is 11.1 Å². The molecule has 1 aromatic heterocycles. The molecule has 0 atom stereocenters. The zero-order valence-corrected chi connectivity index (χ0v) is 8.94. The molecule has 0 unspecified atom stereocenters. The molecule has 1 aromatic carbocycles. The molecule has 2 aromatic rings. The van der Waals surface area contributed by atoms with Crippen molar-refractivity contribution in [2.45, 2.75) is 6.42 Å². The largest absolute Gasteiger partial charge is 0.481 e. The number of halogens is 1. The number of aromatic nitrogens is 1. The monoisotopic (exact) mass is 237 g/mol. The Labute approximate surface area is 96.4 Å². The van der Waals surface area contributed by atoms with E-state index in [1.54, 1.807) is 18.2 Å². The Bertz CT molecular complexity index is 521. The lowest BCUT2D eigenvalue weighted by molar-refractivity contribution is -0.136. The number of carboxylic acid groups (broad SMARTS) is 1. The molecule has 0 aliphatic carbocycles. The fraction of sp³-hybridized carbons (Fsp3) is 0.0909. The molecule has 0 saturated carbocycles. The van der Waals surface area contributed by atoms with E-state index in [9.17, 15) is 4.79 Å². The zero-order chi connectivity index (χ0) is 11.5. The van der Waals surface area contributed by atoms with Gasteiger partial charge in [-0.1, -0.05) is 35.0 Å². The van der Waals surface area contributed by atoms with E-state index < -0.39 is 5.97 Å². The van der Waals surface area contributed by atoms with Gasteiger partial charge in [0, 0.05) is 16.1 Å². The first-order valence-corrected chi connectivity index (χ1v) is 4.96. The Morgan fingerprint density at radius 1 is 1.38 bits per heavy atom. The van der Waals surface area contributed by atoms with E-state index in [1.165, 1.54) is 6.20 Å². The van der Waals surface area contributed by atoms with Gasteiger partial charge in [-0.25, -0.2) is 0 Å². The molecular formula is C11H8ClNO3. The topological polar surface area (TPSA) is 63.3 Å². The molecule has 2 rings (SSSR count). The summed E-state index contributed by atoms with van der Waals surface area (Å²) in [7, 11) is 0. The molecule has 1 heterocycles. The van der Waals surface area contributed by atoms with Gasteiger partial charge in [-0.2, -0.15) is 0 Å². The Morgan fingerprint density at radius 3 is 2.81 bits per heavy atom. The smallest absolute Gasteiger partial charge is 0.311 e. The number of carbonyl (C=O) groups is 1. The third-order valence-corrected chi connectivity index (χ3v) is 2.45. The molecule has 0 aliphatic rings. The molecule has 0 bridgehead atoms. The van der Waals surface area contributed by atoms with Crippen LogP contribution < -0.4 is 0 Å². The van der Waals surface area contributed by atoms with Gasteiger partial charge in [0.1, 0.15) is 6.42 Å². The number of nitrogens with zero attached hydrogens (tertiary/aromatic N) is 1. The molecule has 82 valence electrons. The zero-order valence-electron chi connectivity index (χ0n) is 8.18. The maximum absolute atomic E-state index is 10.6. The van der Waals surface area contributed by atoms with Crippen LogP contribution in [0, 0.1) is 0 Å². The molecule has 1 N–H and O–H groups in total. The molecule has 0 saturated heterocycles. The molecule has 0 aliphatic heterocycles. The van der Waals surface area contributed by atoms with E-state index in [0.29, 0.717) is 16.3 Å². The summed E-state index contributed by atoms with van der Waals surface area (Å²) in [6, 6.07) is 7.14. The van der Waals surface area contributed by atoms with Crippen LogP contribution in [0.2, 0.25) is 5.02 Å². The fourth-order valence-electron chi connectivity index (χ4n) is 1.43. The van der Waals surface area contributed by atoms with Gasteiger partial charge < -0.3 is 9.63 Å². The Kier molecular flexibility index (Phi) is 2.92. The van der Waals surface area contributed by atoms with Gasteiger partial charge in [-0.05, 0) is 6.07 Å². The number of hydrogen-bond acceptors (Lipinski definition) is 3. The van der Waals surface area contributed by atoms with E-state index >= 15 is 0 Å². The summed E-state index contributed by atoms with van der Waals surface area (Å²) in [4.78, 5) is 10.6. The number of carboxylic acids is 1. The van der Waals surface area contributed by atoms with Crippen LogP contribution in [0.25, 0.3) is 11.1 Å². The summed E-state index contributed by atoms with van der Waals surface area (Å²) >= 11 is 6.01. The lowest BCUT2D eigenvalue weighted by Gasteiger charge is -2.01. The van der Waals surface area contributed by atoms with Crippen LogP contribution in [-0.2, 0) is 11.2 Å². The Balaban J connectivity index is 2.45. The van der Waals surface area contributed by atoms with Crippen LogP contribution >= 0.6 is 11.6 Å². The van der Waals surface area contributed by atoms with Gasteiger partial charge in [0.05, 0.1) is 6.20 Å². The predicted octanol–water partition coefficient (Wildman–Crippen LogP) is 2.62. The summed E-state index contributed by atoms with van der Waals surface area (Å²) in [6.07, 6.45) is 1.26. The van der Waals surface area contributed by atoms with Crippen molar-refractivity contribution in [3.63, 3.8) is 0 Å². The Morgan fingerprint density at radius 2 is 2.12 bits per heavy atom. The van der Waals surface area contributed by atoms with E-state index in [1.807, 2.05) is 6.07 Å². The summed E-state index contributed by atoms with van der Waals surface area (Å²) in [5.41, 5.74) is 1.34. The van der Waals surface area contributed by atoms with Crippen LogP contribution in [0.15, 0.2) is 35.0 Å². The number of aliphatic carboxylic acids is 1. The summed E-state index contributed by atoms with van der Waals surface area (Å²) in [5, 5.41) is 12.8. The minimum atomic E-state index is -0.968. The highest BCUT2D eigenvalue weighted by Gasteiger charge is 2.15. The number of benzene rings is 1. The van der Waals surface area contributed by atoms with Gasteiger partial charge in [-0.3, -0.25) is 4.79 Å². The van der Waals surface area contributed by atoms with Crippen LogP contribution in [0.5, 0.6) is 0 Å². The highest BCUT2D eigenvalue weighted by molar-refractivity contribution is 6.33. The van der Waals surface area contributed by atoms with Crippen molar-refractivity contribution in [1.29, 1.82) is 0 Å². The van der Waals surface area contributed by atoms with Gasteiger partial charge in [0.15, 0.2) is 5.76 Å². The SMILES string of the molecule is O=C(O)Cc1oncc1-c1ccccc1Cl. The van der Waals surface area contributed by atoms with Crippen molar-refractivity contribution in [2.24, 2.45) is 0 Å². The highest BCUT2D eigenvalue weighted by Crippen LogP contribution is 2.30. The van der Waals surface area contributed by atoms with Gasteiger partial charge in [0.2, 0.25) is 0 Å². The molecule has 16 heavy (non-hydrogen) atoms. The standard InChI is InChI=1S/C11H8ClNO3/c12-9-4-2-1-3-7(9)8-6-13-16-10(8)5-11(14)15/h1-4,6H,5H2,(H,14,15). The molecule has 5 heteroatoms. The second-order valence-corrected chi connectivity index (χ2v) is 3.62. The third-order valence-electron chi connectivity index (χ3n) is 2.12. The first-order chi connectivity index (χ1) is 7.68. The van der Waals surface area contributed by atoms with E-state index in [-0.39, 0.29) is 6.42 Å². The summed E-state index contributed by atoms with van der Waals surface area (Å²) < 4.78 is 4.90. The fourth-order valence-corrected chi connectivity index (χ4v) is 1.67. The quantitative estimate of drug-likeness (QED) is 0.891. The first kappa shape index (κ1) is 10.7. The van der Waals surface area contributed by atoms with E-state index in [2.05, 4.69) is 5.16 Å². The van der Waals surface area contributed by atoms with Crippen molar-refractivity contribution in [2.75, 3.05) is 0 Å². The van der Waals surface area contributed by atoms with Crippen LogP contribution in [-0.4, -0.2) is 16.2 Å². The summed E-state index contributed by atoms with van der Waals surface area (Å²) in [6.45, 7) is 0. The van der Waals surface area contributed by atoms with E-state index in [4.69, 9.17) is 21.2 Å². The normalized spacial score (nSPS) is 10.3. The predicted molar refractivity (Wildman–Crippen MR) is 58.3 cm³/mol. The van der Waals surface area contributed by atoms with Crippen molar-refractivity contribution >= 4 is 17.6 Å². The maximum Gasteiger partial charge on any atom is 0.311 e. The van der Waals surface area contributed by atoms with Crippen LogP contribution in [0.4, 0.5) is 0 Å². The van der Waals surface area contributed by atoms with Crippen LogP contribution in [0.3, 0.4) is 0 Å². The van der Waals surface area contributed by atoms with Crippen molar-refractivity contribution in [1.82, 2.24) is 5.16 Å². The highest BCUT2D eigenvalue weighted by atomic mass is 35.5. The number of rotatable bonds is 3. The minimum absolute atomic E-state index is 0.208. The molecule has 0 amide bonds.